The molecule has 0 fully saturated rings. The lowest BCUT2D eigenvalue weighted by atomic mass is 9.73. The number of phenolic OH excluding ortho intramolecular Hbond substituents is 1. The van der Waals surface area contributed by atoms with Gasteiger partial charge in [-0.3, -0.25) is 9.59 Å². The summed E-state index contributed by atoms with van der Waals surface area (Å²) < 4.78 is 0. The molecule has 2 N–H and O–H groups in total. The predicted octanol–water partition coefficient (Wildman–Crippen LogP) is 3.70. The molecule has 0 saturated carbocycles. The number of Topliss-reactive ketones (excluding diaryl/α,β-unsaturated/α-hetero) is 1. The van der Waals surface area contributed by atoms with E-state index in [2.05, 4.69) is 29.6 Å². The number of rotatable bonds is 2. The third-order valence-corrected chi connectivity index (χ3v) is 5.38. The summed E-state index contributed by atoms with van der Waals surface area (Å²) in [6.07, 6.45) is 1.40. The SMILES string of the molecule is Cc1ccc(C2CC(=O)C3=C(C2)NC(=O)CC3c2ccc(O)cc2)cc1. The Morgan fingerprint density at radius 2 is 1.54 bits per heavy atom. The summed E-state index contributed by atoms with van der Waals surface area (Å²) in [6, 6.07) is 15.0. The smallest absolute Gasteiger partial charge is 0.225 e. The van der Waals surface area contributed by atoms with Crippen molar-refractivity contribution in [3.05, 3.63) is 76.5 Å². The topological polar surface area (TPSA) is 66.4 Å². The van der Waals surface area contributed by atoms with Crippen LogP contribution < -0.4 is 5.32 Å². The Kier molecular flexibility index (Phi) is 4.11. The van der Waals surface area contributed by atoms with E-state index in [-0.39, 0.29) is 35.7 Å². The van der Waals surface area contributed by atoms with Crippen LogP contribution in [-0.4, -0.2) is 16.8 Å². The van der Waals surface area contributed by atoms with Gasteiger partial charge >= 0.3 is 0 Å². The van der Waals surface area contributed by atoms with E-state index in [4.69, 9.17) is 0 Å². The lowest BCUT2D eigenvalue weighted by Gasteiger charge is -2.34. The average Bonchev–Trinajstić information content (AvgIpc) is 2.62. The number of benzene rings is 2. The van der Waals surface area contributed by atoms with Crippen LogP contribution in [0.15, 0.2) is 59.8 Å². The second kappa shape index (κ2) is 6.45. The minimum atomic E-state index is -0.231. The second-order valence-electron chi connectivity index (χ2n) is 7.23. The minimum absolute atomic E-state index is 0.0563. The first-order valence-corrected chi connectivity index (χ1v) is 8.93. The number of ketones is 1. The quantitative estimate of drug-likeness (QED) is 0.870. The van der Waals surface area contributed by atoms with Crippen LogP contribution in [0.3, 0.4) is 0 Å². The standard InChI is InChI=1S/C22H21NO3/c1-13-2-4-14(5-3-13)16-10-19-22(20(25)11-16)18(12-21(26)23-19)15-6-8-17(24)9-7-15/h2-9,16,18,24H,10-12H2,1H3,(H,23,26). The third-order valence-electron chi connectivity index (χ3n) is 5.38. The normalized spacial score (nSPS) is 22.8. The van der Waals surface area contributed by atoms with Gasteiger partial charge in [0.05, 0.1) is 0 Å². The van der Waals surface area contributed by atoms with Crippen LogP contribution in [0.25, 0.3) is 0 Å². The molecule has 2 aromatic carbocycles. The molecular formula is C22H21NO3. The van der Waals surface area contributed by atoms with Crippen LogP contribution in [0, 0.1) is 6.92 Å². The van der Waals surface area contributed by atoms with Crippen LogP contribution in [0.1, 0.15) is 47.8 Å². The molecule has 4 nitrogen and oxygen atoms in total. The molecule has 2 unspecified atom stereocenters. The van der Waals surface area contributed by atoms with Gasteiger partial charge < -0.3 is 10.4 Å². The van der Waals surface area contributed by atoms with Gasteiger partial charge in [-0.05, 0) is 42.5 Å². The zero-order valence-electron chi connectivity index (χ0n) is 14.7. The Morgan fingerprint density at radius 1 is 0.885 bits per heavy atom. The monoisotopic (exact) mass is 347 g/mol. The van der Waals surface area contributed by atoms with Gasteiger partial charge in [0.1, 0.15) is 5.75 Å². The zero-order chi connectivity index (χ0) is 18.3. The van der Waals surface area contributed by atoms with Crippen molar-refractivity contribution in [2.45, 2.75) is 38.0 Å². The van der Waals surface area contributed by atoms with Crippen molar-refractivity contribution in [1.29, 1.82) is 0 Å². The van der Waals surface area contributed by atoms with Crippen molar-refractivity contribution < 1.29 is 14.7 Å². The number of aromatic hydroxyl groups is 1. The highest BCUT2D eigenvalue weighted by atomic mass is 16.3. The van der Waals surface area contributed by atoms with Crippen molar-refractivity contribution in [3.63, 3.8) is 0 Å². The van der Waals surface area contributed by atoms with Crippen LogP contribution in [0.5, 0.6) is 5.75 Å². The first kappa shape index (κ1) is 16.6. The summed E-state index contributed by atoms with van der Waals surface area (Å²) in [6.45, 7) is 2.04. The maximum atomic E-state index is 13.0. The van der Waals surface area contributed by atoms with Gasteiger partial charge in [0.2, 0.25) is 5.91 Å². The summed E-state index contributed by atoms with van der Waals surface area (Å²) in [7, 11) is 0. The number of hydrogen-bond acceptors (Lipinski definition) is 3. The molecule has 0 saturated heterocycles. The third kappa shape index (κ3) is 3.03. The lowest BCUT2D eigenvalue weighted by molar-refractivity contribution is -0.122. The fourth-order valence-corrected chi connectivity index (χ4v) is 4.03. The number of hydrogen-bond donors (Lipinski definition) is 2. The van der Waals surface area contributed by atoms with E-state index >= 15 is 0 Å². The molecule has 0 spiro atoms. The molecule has 1 heterocycles. The largest absolute Gasteiger partial charge is 0.508 e. The molecule has 0 radical (unpaired) electrons. The maximum Gasteiger partial charge on any atom is 0.225 e. The van der Waals surface area contributed by atoms with E-state index in [9.17, 15) is 14.7 Å². The zero-order valence-corrected chi connectivity index (χ0v) is 14.7. The number of carbonyl (C=O) groups excluding carboxylic acids is 2. The molecule has 4 heteroatoms. The molecule has 26 heavy (non-hydrogen) atoms. The highest BCUT2D eigenvalue weighted by molar-refractivity contribution is 6.02. The van der Waals surface area contributed by atoms with E-state index in [0.717, 1.165) is 22.4 Å². The van der Waals surface area contributed by atoms with Gasteiger partial charge in [0, 0.05) is 30.0 Å². The van der Waals surface area contributed by atoms with Gasteiger partial charge in [-0.15, -0.1) is 0 Å². The Bertz CT molecular complexity index is 894. The molecular weight excluding hydrogens is 326 g/mol. The van der Waals surface area contributed by atoms with Crippen LogP contribution in [-0.2, 0) is 9.59 Å². The molecule has 1 aliphatic carbocycles. The first-order chi connectivity index (χ1) is 12.5. The van der Waals surface area contributed by atoms with Crippen LogP contribution >= 0.6 is 0 Å². The molecule has 2 aromatic rings. The summed E-state index contributed by atoms with van der Waals surface area (Å²) in [5, 5.41) is 12.5. The van der Waals surface area contributed by atoms with E-state index in [1.807, 2.05) is 6.92 Å². The summed E-state index contributed by atoms with van der Waals surface area (Å²) in [5.41, 5.74) is 4.72. The van der Waals surface area contributed by atoms with Crippen LogP contribution in [0.4, 0.5) is 0 Å². The Hall–Kier alpha value is -2.88. The minimum Gasteiger partial charge on any atom is -0.508 e. The number of carbonyl (C=O) groups is 2. The Morgan fingerprint density at radius 3 is 2.23 bits per heavy atom. The lowest BCUT2D eigenvalue weighted by Crippen LogP contribution is -2.38. The first-order valence-electron chi connectivity index (χ1n) is 8.93. The number of phenols is 1. The summed E-state index contributed by atoms with van der Waals surface area (Å²) in [4.78, 5) is 25.2. The van der Waals surface area contributed by atoms with Gasteiger partial charge in [0.25, 0.3) is 0 Å². The number of aryl methyl sites for hydroxylation is 1. The van der Waals surface area contributed by atoms with Gasteiger partial charge in [-0.1, -0.05) is 42.0 Å². The fourth-order valence-electron chi connectivity index (χ4n) is 4.03. The highest BCUT2D eigenvalue weighted by Crippen LogP contribution is 2.42. The van der Waals surface area contributed by atoms with Gasteiger partial charge in [-0.2, -0.15) is 0 Å². The van der Waals surface area contributed by atoms with Crippen LogP contribution in [0.2, 0.25) is 0 Å². The molecule has 2 atom stereocenters. The van der Waals surface area contributed by atoms with Crippen molar-refractivity contribution >= 4 is 11.7 Å². The van der Waals surface area contributed by atoms with E-state index in [1.165, 1.54) is 5.56 Å². The van der Waals surface area contributed by atoms with Gasteiger partial charge in [-0.25, -0.2) is 0 Å². The number of amides is 1. The van der Waals surface area contributed by atoms with Crippen molar-refractivity contribution in [2.75, 3.05) is 0 Å². The van der Waals surface area contributed by atoms with E-state index < -0.39 is 0 Å². The maximum absolute atomic E-state index is 13.0. The Labute approximate surface area is 152 Å². The summed E-state index contributed by atoms with van der Waals surface area (Å²) in [5.74, 6) is 0.0956. The molecule has 1 aliphatic heterocycles. The summed E-state index contributed by atoms with van der Waals surface area (Å²) >= 11 is 0. The number of allylic oxidation sites excluding steroid dienone is 2. The average molecular weight is 347 g/mol. The fraction of sp³-hybridized carbons (Fsp3) is 0.273. The highest BCUT2D eigenvalue weighted by Gasteiger charge is 2.38. The second-order valence-corrected chi connectivity index (χ2v) is 7.23. The van der Waals surface area contributed by atoms with E-state index in [0.29, 0.717) is 12.8 Å². The molecule has 0 aromatic heterocycles. The van der Waals surface area contributed by atoms with Crippen molar-refractivity contribution in [3.8, 4) is 5.75 Å². The number of nitrogens with one attached hydrogen (secondary N) is 1. The van der Waals surface area contributed by atoms with Crippen molar-refractivity contribution in [2.24, 2.45) is 0 Å². The molecule has 132 valence electrons. The van der Waals surface area contributed by atoms with E-state index in [1.54, 1.807) is 24.3 Å². The predicted molar refractivity (Wildman–Crippen MR) is 98.8 cm³/mol. The Balaban J connectivity index is 1.70. The molecule has 0 bridgehead atoms. The molecule has 1 amide bonds. The van der Waals surface area contributed by atoms with Gasteiger partial charge in [0.15, 0.2) is 5.78 Å². The molecule has 4 rings (SSSR count). The van der Waals surface area contributed by atoms with Crippen molar-refractivity contribution in [1.82, 2.24) is 5.32 Å². The molecule has 2 aliphatic rings.